The van der Waals surface area contributed by atoms with Crippen molar-refractivity contribution in [3.8, 4) is 0 Å². The lowest BCUT2D eigenvalue weighted by Gasteiger charge is -2.16. The van der Waals surface area contributed by atoms with Crippen molar-refractivity contribution < 1.29 is 9.53 Å². The average molecular weight is 284 g/mol. The van der Waals surface area contributed by atoms with E-state index in [-0.39, 0.29) is 5.97 Å². The minimum Gasteiger partial charge on any atom is -0.466 e. The van der Waals surface area contributed by atoms with Gasteiger partial charge in [0.2, 0.25) is 0 Å². The quantitative estimate of drug-likeness (QED) is 0.294. The first-order valence-electron chi connectivity index (χ1n) is 8.84. The molecule has 2 heteroatoms. The van der Waals surface area contributed by atoms with Gasteiger partial charge in [-0.05, 0) is 18.8 Å². The van der Waals surface area contributed by atoms with E-state index in [1.54, 1.807) is 0 Å². The fourth-order valence-corrected chi connectivity index (χ4v) is 2.62. The number of hydrogen-bond donors (Lipinski definition) is 0. The van der Waals surface area contributed by atoms with Crippen molar-refractivity contribution in [3.63, 3.8) is 0 Å². The molecule has 0 bridgehead atoms. The van der Waals surface area contributed by atoms with Crippen LogP contribution in [0.25, 0.3) is 0 Å². The van der Waals surface area contributed by atoms with Crippen molar-refractivity contribution in [2.45, 2.75) is 97.8 Å². The van der Waals surface area contributed by atoms with Gasteiger partial charge < -0.3 is 4.74 Å². The molecule has 20 heavy (non-hydrogen) atoms. The number of carbonyl (C=O) groups excluding carboxylic acids is 1. The van der Waals surface area contributed by atoms with Crippen molar-refractivity contribution >= 4 is 5.97 Å². The normalized spacial score (nSPS) is 12.3. The van der Waals surface area contributed by atoms with Crippen molar-refractivity contribution in [3.05, 3.63) is 0 Å². The van der Waals surface area contributed by atoms with Gasteiger partial charge in [-0.1, -0.05) is 78.1 Å². The summed E-state index contributed by atoms with van der Waals surface area (Å²) in [6.07, 6.45) is 15.8. The molecular weight excluding hydrogens is 248 g/mol. The summed E-state index contributed by atoms with van der Waals surface area (Å²) in [6.45, 7) is 6.64. The van der Waals surface area contributed by atoms with Crippen LogP contribution >= 0.6 is 0 Å². The highest BCUT2D eigenvalue weighted by molar-refractivity contribution is 5.65. The summed E-state index contributed by atoms with van der Waals surface area (Å²) in [5.74, 6) is 0.450. The van der Waals surface area contributed by atoms with Crippen molar-refractivity contribution in [1.82, 2.24) is 0 Å². The highest BCUT2D eigenvalue weighted by Gasteiger charge is 2.10. The molecule has 0 aromatic rings. The molecular formula is C18H36O2. The molecule has 0 spiro atoms. The predicted molar refractivity (Wildman–Crippen MR) is 86.9 cm³/mol. The summed E-state index contributed by atoms with van der Waals surface area (Å²) in [4.78, 5) is 10.9. The van der Waals surface area contributed by atoms with Crippen LogP contribution in [0.1, 0.15) is 97.8 Å². The zero-order chi connectivity index (χ0) is 15.1. The van der Waals surface area contributed by atoms with E-state index in [1.807, 2.05) is 0 Å². The lowest BCUT2D eigenvalue weighted by Crippen LogP contribution is -2.12. The van der Waals surface area contributed by atoms with E-state index in [4.69, 9.17) is 4.74 Å². The molecule has 0 aliphatic carbocycles. The van der Waals surface area contributed by atoms with E-state index >= 15 is 0 Å². The molecule has 0 amide bonds. The standard InChI is InChI=1S/C18H36O2/c1-4-6-8-9-10-11-13-15-18(14-12-7-5-2)16-20-17(3)19/h18H,4-16H2,1-3H3. The van der Waals surface area contributed by atoms with Gasteiger partial charge in [0.25, 0.3) is 0 Å². The van der Waals surface area contributed by atoms with Crippen LogP contribution in [0.3, 0.4) is 0 Å². The smallest absolute Gasteiger partial charge is 0.302 e. The Kier molecular flexibility index (Phi) is 14.5. The van der Waals surface area contributed by atoms with Crippen LogP contribution in [0.2, 0.25) is 0 Å². The van der Waals surface area contributed by atoms with Crippen LogP contribution in [0.4, 0.5) is 0 Å². The molecule has 0 aliphatic rings. The molecule has 0 N–H and O–H groups in total. The van der Waals surface area contributed by atoms with Crippen LogP contribution in [0.15, 0.2) is 0 Å². The summed E-state index contributed by atoms with van der Waals surface area (Å²) < 4.78 is 5.21. The maximum atomic E-state index is 10.9. The molecule has 0 aromatic heterocycles. The minimum absolute atomic E-state index is 0.134. The fraction of sp³-hybridized carbons (Fsp3) is 0.944. The monoisotopic (exact) mass is 284 g/mol. The van der Waals surface area contributed by atoms with E-state index in [9.17, 15) is 4.79 Å². The Bertz CT molecular complexity index is 213. The van der Waals surface area contributed by atoms with E-state index in [0.717, 1.165) is 0 Å². The molecule has 0 radical (unpaired) electrons. The maximum absolute atomic E-state index is 10.9. The zero-order valence-electron chi connectivity index (χ0n) is 14.1. The van der Waals surface area contributed by atoms with Gasteiger partial charge >= 0.3 is 5.97 Å². The third kappa shape index (κ3) is 13.9. The van der Waals surface area contributed by atoms with Crippen molar-refractivity contribution in [2.24, 2.45) is 5.92 Å². The number of esters is 1. The Balaban J connectivity index is 3.64. The van der Waals surface area contributed by atoms with Gasteiger partial charge in [-0.25, -0.2) is 0 Å². The lowest BCUT2D eigenvalue weighted by molar-refractivity contribution is -0.142. The molecule has 0 rings (SSSR count). The molecule has 2 nitrogen and oxygen atoms in total. The van der Waals surface area contributed by atoms with E-state index in [0.29, 0.717) is 12.5 Å². The number of hydrogen-bond acceptors (Lipinski definition) is 2. The fourth-order valence-electron chi connectivity index (χ4n) is 2.62. The topological polar surface area (TPSA) is 26.3 Å². The third-order valence-corrected chi connectivity index (χ3v) is 3.95. The second-order valence-corrected chi connectivity index (χ2v) is 6.07. The number of rotatable bonds is 14. The minimum atomic E-state index is -0.134. The summed E-state index contributed by atoms with van der Waals surface area (Å²) in [5, 5.41) is 0. The third-order valence-electron chi connectivity index (χ3n) is 3.95. The Morgan fingerprint density at radius 2 is 1.25 bits per heavy atom. The van der Waals surface area contributed by atoms with E-state index in [1.165, 1.54) is 84.0 Å². The first-order valence-corrected chi connectivity index (χ1v) is 8.84. The largest absolute Gasteiger partial charge is 0.466 e. The predicted octanol–water partition coefficient (Wildman–Crippen LogP) is 5.89. The number of ether oxygens (including phenoxy) is 1. The highest BCUT2D eigenvalue weighted by Crippen LogP contribution is 2.19. The maximum Gasteiger partial charge on any atom is 0.302 e. The molecule has 1 unspecified atom stereocenters. The first kappa shape index (κ1) is 19.5. The van der Waals surface area contributed by atoms with Crippen LogP contribution in [-0.2, 0) is 9.53 Å². The molecule has 0 aromatic carbocycles. The van der Waals surface area contributed by atoms with Gasteiger partial charge in [0.1, 0.15) is 0 Å². The Labute approximate surface area is 126 Å². The number of unbranched alkanes of at least 4 members (excludes halogenated alkanes) is 8. The van der Waals surface area contributed by atoms with Gasteiger partial charge in [0.15, 0.2) is 0 Å². The summed E-state index contributed by atoms with van der Waals surface area (Å²) in [7, 11) is 0. The molecule has 0 fully saturated rings. The van der Waals surface area contributed by atoms with E-state index in [2.05, 4.69) is 13.8 Å². The van der Waals surface area contributed by atoms with Gasteiger partial charge in [0.05, 0.1) is 6.61 Å². The Morgan fingerprint density at radius 1 is 0.800 bits per heavy atom. The second kappa shape index (κ2) is 14.9. The summed E-state index contributed by atoms with van der Waals surface area (Å²) in [6, 6.07) is 0. The SMILES string of the molecule is CCCCCCCCCC(CCCCC)COC(C)=O. The molecule has 120 valence electrons. The molecule has 0 aliphatic heterocycles. The molecule has 0 saturated heterocycles. The van der Waals surface area contributed by atoms with Gasteiger partial charge in [-0.15, -0.1) is 0 Å². The highest BCUT2D eigenvalue weighted by atomic mass is 16.5. The molecule has 1 atom stereocenters. The number of carbonyl (C=O) groups is 1. The Hall–Kier alpha value is -0.530. The molecule has 0 heterocycles. The summed E-state index contributed by atoms with van der Waals surface area (Å²) >= 11 is 0. The van der Waals surface area contributed by atoms with Crippen LogP contribution in [0.5, 0.6) is 0 Å². The second-order valence-electron chi connectivity index (χ2n) is 6.07. The van der Waals surface area contributed by atoms with E-state index < -0.39 is 0 Å². The van der Waals surface area contributed by atoms with Crippen LogP contribution < -0.4 is 0 Å². The van der Waals surface area contributed by atoms with Gasteiger partial charge in [-0.2, -0.15) is 0 Å². The van der Waals surface area contributed by atoms with Crippen molar-refractivity contribution in [1.29, 1.82) is 0 Å². The zero-order valence-corrected chi connectivity index (χ0v) is 14.1. The molecule has 0 saturated carbocycles. The van der Waals surface area contributed by atoms with Crippen molar-refractivity contribution in [2.75, 3.05) is 6.61 Å². The van der Waals surface area contributed by atoms with Crippen LogP contribution in [-0.4, -0.2) is 12.6 Å². The van der Waals surface area contributed by atoms with Gasteiger partial charge in [0, 0.05) is 6.92 Å². The van der Waals surface area contributed by atoms with Crippen LogP contribution in [0, 0.1) is 5.92 Å². The average Bonchev–Trinajstić information content (AvgIpc) is 2.43. The Morgan fingerprint density at radius 3 is 1.80 bits per heavy atom. The lowest BCUT2D eigenvalue weighted by atomic mass is 9.95. The summed E-state index contributed by atoms with van der Waals surface area (Å²) in [5.41, 5.74) is 0. The van der Waals surface area contributed by atoms with Gasteiger partial charge in [-0.3, -0.25) is 4.79 Å². The first-order chi connectivity index (χ1) is 9.70.